The van der Waals surface area contributed by atoms with Crippen molar-refractivity contribution in [2.45, 2.75) is 32.8 Å². The summed E-state index contributed by atoms with van der Waals surface area (Å²) in [6.45, 7) is 3.52. The minimum absolute atomic E-state index is 0.375. The molecule has 0 saturated heterocycles. The smallest absolute Gasteiger partial charge is 0.0956 e. The summed E-state index contributed by atoms with van der Waals surface area (Å²) in [4.78, 5) is 0. The van der Waals surface area contributed by atoms with E-state index in [1.807, 2.05) is 6.92 Å². The van der Waals surface area contributed by atoms with Gasteiger partial charge in [0, 0.05) is 6.42 Å². The average Bonchev–Trinajstić information content (AvgIpc) is 1.65. The van der Waals surface area contributed by atoms with Crippen LogP contribution in [0, 0.1) is 6.10 Å². The summed E-state index contributed by atoms with van der Waals surface area (Å²) in [5.41, 5.74) is 0. The van der Waals surface area contributed by atoms with E-state index in [1.54, 1.807) is 6.92 Å². The van der Waals surface area contributed by atoms with Crippen LogP contribution < -0.4 is 0 Å². The van der Waals surface area contributed by atoms with Crippen molar-refractivity contribution >= 4 is 0 Å². The van der Waals surface area contributed by atoms with Crippen LogP contribution in [0.1, 0.15) is 26.7 Å². The summed E-state index contributed by atoms with van der Waals surface area (Å²) in [6.07, 6.45) is 1.02. The van der Waals surface area contributed by atoms with Crippen LogP contribution in [-0.4, -0.2) is 16.3 Å². The van der Waals surface area contributed by atoms with Gasteiger partial charge in [0.15, 0.2) is 0 Å². The fourth-order valence-electron chi connectivity index (χ4n) is 0.485. The van der Waals surface area contributed by atoms with Gasteiger partial charge < -0.3 is 10.2 Å². The summed E-state index contributed by atoms with van der Waals surface area (Å²) in [5, 5.41) is 17.5. The number of hydrogen-bond donors (Lipinski definition) is 2. The Bertz CT molecular complexity index is 52.5. The SMILES string of the molecule is CC[C](O)CC(C)O. The molecule has 0 heterocycles. The van der Waals surface area contributed by atoms with Crippen molar-refractivity contribution in [3.8, 4) is 0 Å². The minimum atomic E-state index is -0.407. The summed E-state index contributed by atoms with van der Waals surface area (Å²) >= 11 is 0. The van der Waals surface area contributed by atoms with E-state index in [4.69, 9.17) is 10.2 Å². The van der Waals surface area contributed by atoms with Crippen LogP contribution in [0.2, 0.25) is 0 Å². The zero-order valence-electron chi connectivity index (χ0n) is 5.39. The first-order valence-corrected chi connectivity index (χ1v) is 2.88. The van der Waals surface area contributed by atoms with Gasteiger partial charge in [-0.1, -0.05) is 6.92 Å². The molecule has 0 bridgehead atoms. The maximum atomic E-state index is 8.78. The van der Waals surface area contributed by atoms with E-state index in [9.17, 15) is 0 Å². The lowest BCUT2D eigenvalue weighted by atomic mass is 10.1. The Morgan fingerprint density at radius 2 is 2.12 bits per heavy atom. The minimum Gasteiger partial charge on any atom is -0.393 e. The molecule has 0 aromatic heterocycles. The van der Waals surface area contributed by atoms with Crippen LogP contribution in [0.15, 0.2) is 0 Å². The van der Waals surface area contributed by atoms with Crippen molar-refractivity contribution in [1.82, 2.24) is 0 Å². The quantitative estimate of drug-likeness (QED) is 0.580. The van der Waals surface area contributed by atoms with E-state index in [0.717, 1.165) is 0 Å². The van der Waals surface area contributed by atoms with Gasteiger partial charge in [-0.3, -0.25) is 0 Å². The number of hydrogen-bond acceptors (Lipinski definition) is 2. The second-order valence-corrected chi connectivity index (χ2v) is 1.97. The van der Waals surface area contributed by atoms with Crippen molar-refractivity contribution in [2.24, 2.45) is 0 Å². The summed E-state index contributed by atoms with van der Waals surface area (Å²) in [5.74, 6) is 0. The molecule has 0 fully saturated rings. The van der Waals surface area contributed by atoms with E-state index < -0.39 is 6.10 Å². The molecule has 0 aromatic rings. The predicted octanol–water partition coefficient (Wildman–Crippen LogP) is 1.07. The van der Waals surface area contributed by atoms with Crippen molar-refractivity contribution < 1.29 is 10.2 Å². The van der Waals surface area contributed by atoms with Crippen LogP contribution in [0.25, 0.3) is 0 Å². The molecule has 2 heteroatoms. The van der Waals surface area contributed by atoms with Gasteiger partial charge in [0.1, 0.15) is 0 Å². The fourth-order valence-corrected chi connectivity index (χ4v) is 0.485. The molecule has 0 amide bonds. The average molecular weight is 117 g/mol. The van der Waals surface area contributed by atoms with Crippen LogP contribution in [0.4, 0.5) is 0 Å². The third-order valence-electron chi connectivity index (χ3n) is 0.939. The second kappa shape index (κ2) is 3.87. The highest BCUT2D eigenvalue weighted by atomic mass is 16.3. The first kappa shape index (κ1) is 7.92. The Balaban J connectivity index is 3.10. The van der Waals surface area contributed by atoms with E-state index in [0.29, 0.717) is 18.9 Å². The Morgan fingerprint density at radius 3 is 2.25 bits per heavy atom. The molecule has 1 atom stereocenters. The number of rotatable bonds is 3. The van der Waals surface area contributed by atoms with Crippen molar-refractivity contribution in [3.63, 3.8) is 0 Å². The van der Waals surface area contributed by atoms with Gasteiger partial charge in [-0.05, 0) is 13.3 Å². The Labute approximate surface area is 50.2 Å². The molecular weight excluding hydrogens is 104 g/mol. The number of aliphatic hydroxyl groups is 2. The molecule has 0 spiro atoms. The molecule has 0 aliphatic rings. The van der Waals surface area contributed by atoms with Gasteiger partial charge in [-0.15, -0.1) is 0 Å². The molecule has 0 aliphatic heterocycles. The van der Waals surface area contributed by atoms with E-state index in [2.05, 4.69) is 0 Å². The van der Waals surface area contributed by atoms with E-state index in [1.165, 1.54) is 0 Å². The van der Waals surface area contributed by atoms with Gasteiger partial charge in [0.2, 0.25) is 0 Å². The maximum absolute atomic E-state index is 8.78. The zero-order valence-corrected chi connectivity index (χ0v) is 5.39. The molecule has 2 nitrogen and oxygen atoms in total. The lowest BCUT2D eigenvalue weighted by molar-refractivity contribution is 0.147. The molecule has 0 aromatic carbocycles. The lowest BCUT2D eigenvalue weighted by Crippen LogP contribution is -2.06. The van der Waals surface area contributed by atoms with Crippen molar-refractivity contribution in [2.75, 3.05) is 0 Å². The zero-order chi connectivity index (χ0) is 6.57. The Morgan fingerprint density at radius 1 is 1.62 bits per heavy atom. The summed E-state index contributed by atoms with van der Waals surface area (Å²) in [7, 11) is 0. The van der Waals surface area contributed by atoms with E-state index in [-0.39, 0.29) is 0 Å². The third-order valence-corrected chi connectivity index (χ3v) is 0.939. The van der Waals surface area contributed by atoms with Crippen LogP contribution >= 0.6 is 0 Å². The third kappa shape index (κ3) is 4.09. The van der Waals surface area contributed by atoms with Crippen molar-refractivity contribution in [1.29, 1.82) is 0 Å². The normalized spacial score (nSPS) is 14.6. The highest BCUT2D eigenvalue weighted by Gasteiger charge is 2.04. The molecule has 8 heavy (non-hydrogen) atoms. The molecule has 2 N–H and O–H groups in total. The Hall–Kier alpha value is -0.0800. The molecule has 1 radical (unpaired) electrons. The van der Waals surface area contributed by atoms with Crippen LogP contribution in [0.5, 0.6) is 0 Å². The topological polar surface area (TPSA) is 40.5 Å². The summed E-state index contributed by atoms with van der Waals surface area (Å²) in [6, 6.07) is 0. The van der Waals surface area contributed by atoms with Gasteiger partial charge in [-0.2, -0.15) is 0 Å². The van der Waals surface area contributed by atoms with Crippen LogP contribution in [0.3, 0.4) is 0 Å². The number of aliphatic hydroxyl groups excluding tert-OH is 2. The molecule has 0 rings (SSSR count). The highest BCUT2D eigenvalue weighted by molar-refractivity contribution is 4.74. The van der Waals surface area contributed by atoms with Gasteiger partial charge >= 0.3 is 0 Å². The standard InChI is InChI=1S/C6H13O2/c1-3-6(8)4-5(2)7/h5,7-8H,3-4H2,1-2H3. The molecular formula is C6H13O2. The van der Waals surface area contributed by atoms with E-state index >= 15 is 0 Å². The van der Waals surface area contributed by atoms with Gasteiger partial charge in [0.25, 0.3) is 0 Å². The molecule has 0 aliphatic carbocycles. The second-order valence-electron chi connectivity index (χ2n) is 1.97. The Kier molecular flexibility index (Phi) is 3.83. The first-order chi connectivity index (χ1) is 3.66. The lowest BCUT2D eigenvalue weighted by Gasteiger charge is -2.06. The molecule has 49 valence electrons. The molecule has 1 unspecified atom stereocenters. The fraction of sp³-hybridized carbons (Fsp3) is 0.833. The highest BCUT2D eigenvalue weighted by Crippen LogP contribution is 2.07. The first-order valence-electron chi connectivity index (χ1n) is 2.88. The van der Waals surface area contributed by atoms with Crippen molar-refractivity contribution in [3.05, 3.63) is 6.10 Å². The summed E-state index contributed by atoms with van der Waals surface area (Å²) < 4.78 is 0. The predicted molar refractivity (Wildman–Crippen MR) is 31.8 cm³/mol. The monoisotopic (exact) mass is 117 g/mol. The van der Waals surface area contributed by atoms with Gasteiger partial charge in [0.05, 0.1) is 12.2 Å². The molecule has 0 saturated carbocycles. The largest absolute Gasteiger partial charge is 0.393 e. The van der Waals surface area contributed by atoms with Gasteiger partial charge in [-0.25, -0.2) is 0 Å². The van der Waals surface area contributed by atoms with Crippen LogP contribution in [-0.2, 0) is 0 Å². The maximum Gasteiger partial charge on any atom is 0.0956 e.